The average molecular weight is 305 g/mol. The lowest BCUT2D eigenvalue weighted by Gasteiger charge is -2.46. The first-order valence-electron chi connectivity index (χ1n) is 7.77. The van der Waals surface area contributed by atoms with Gasteiger partial charge in [-0.25, -0.2) is 0 Å². The topological polar surface area (TPSA) is 66.6 Å². The van der Waals surface area contributed by atoms with Crippen LogP contribution in [0.4, 0.5) is 0 Å². The molecule has 0 aromatic rings. The van der Waals surface area contributed by atoms with Gasteiger partial charge in [0.2, 0.25) is 0 Å². The molecule has 0 aliphatic heterocycles. The van der Waals surface area contributed by atoms with E-state index in [0.29, 0.717) is 13.1 Å². The molecule has 20 heavy (non-hydrogen) atoms. The highest BCUT2D eigenvalue weighted by atomic mass is 32.2. The molecule has 0 bridgehead atoms. The highest BCUT2D eigenvalue weighted by Crippen LogP contribution is 2.35. The quantitative estimate of drug-likeness (QED) is 0.781. The zero-order valence-electron chi connectivity index (χ0n) is 13.4. The van der Waals surface area contributed by atoms with Gasteiger partial charge in [0.25, 0.3) is 10.2 Å². The fourth-order valence-electron chi connectivity index (χ4n) is 2.99. The Morgan fingerprint density at radius 3 is 2.15 bits per heavy atom. The van der Waals surface area contributed by atoms with Gasteiger partial charge in [0, 0.05) is 31.7 Å². The number of nitrogens with zero attached hydrogens (tertiary/aromatic N) is 2. The van der Waals surface area contributed by atoms with E-state index < -0.39 is 10.2 Å². The summed E-state index contributed by atoms with van der Waals surface area (Å²) in [5.41, 5.74) is 5.64. The molecule has 1 fully saturated rings. The third-order valence-electron chi connectivity index (χ3n) is 4.49. The molecule has 5 nitrogen and oxygen atoms in total. The molecule has 0 heterocycles. The molecule has 1 aliphatic rings. The Bertz CT molecular complexity index is 389. The Morgan fingerprint density at radius 2 is 1.75 bits per heavy atom. The molecule has 0 aromatic heterocycles. The number of rotatable bonds is 7. The summed E-state index contributed by atoms with van der Waals surface area (Å²) >= 11 is 0. The van der Waals surface area contributed by atoms with Gasteiger partial charge >= 0.3 is 0 Å². The van der Waals surface area contributed by atoms with Crippen molar-refractivity contribution in [3.05, 3.63) is 0 Å². The SMILES string of the molecule is CCCN(C1(CN)CCCCC1)S(=O)(=O)N(C)C(C)C. The molecule has 1 aliphatic carbocycles. The van der Waals surface area contributed by atoms with Crippen molar-refractivity contribution in [2.45, 2.75) is 70.9 Å². The Kier molecular flexibility index (Phi) is 6.44. The van der Waals surface area contributed by atoms with Gasteiger partial charge in [0.15, 0.2) is 0 Å². The maximum absolute atomic E-state index is 12.9. The molecule has 1 saturated carbocycles. The molecule has 6 heteroatoms. The molecule has 0 atom stereocenters. The first-order chi connectivity index (χ1) is 9.31. The highest BCUT2D eigenvalue weighted by molar-refractivity contribution is 7.86. The molecule has 0 unspecified atom stereocenters. The first-order valence-corrected chi connectivity index (χ1v) is 9.17. The predicted octanol–water partition coefficient (Wildman–Crippen LogP) is 1.94. The number of hydrogen-bond acceptors (Lipinski definition) is 3. The van der Waals surface area contributed by atoms with E-state index in [4.69, 9.17) is 5.73 Å². The zero-order valence-corrected chi connectivity index (χ0v) is 14.2. The second kappa shape index (κ2) is 7.20. The van der Waals surface area contributed by atoms with Crippen LogP contribution >= 0.6 is 0 Å². The van der Waals surface area contributed by atoms with Gasteiger partial charge in [-0.15, -0.1) is 0 Å². The summed E-state index contributed by atoms with van der Waals surface area (Å²) in [7, 11) is -1.78. The highest BCUT2D eigenvalue weighted by Gasteiger charge is 2.44. The van der Waals surface area contributed by atoms with Crippen molar-refractivity contribution in [3.63, 3.8) is 0 Å². The lowest BCUT2D eigenvalue weighted by Crippen LogP contribution is -2.60. The standard InChI is InChI=1S/C14H31N3O2S/c1-5-11-17(20(18,19)16(4)13(2)3)14(12-15)9-7-6-8-10-14/h13H,5-12,15H2,1-4H3. The van der Waals surface area contributed by atoms with E-state index in [9.17, 15) is 8.42 Å². The van der Waals surface area contributed by atoms with Crippen LogP contribution in [0.5, 0.6) is 0 Å². The van der Waals surface area contributed by atoms with Crippen molar-refractivity contribution in [2.75, 3.05) is 20.1 Å². The summed E-state index contributed by atoms with van der Waals surface area (Å²) in [6.45, 7) is 6.79. The van der Waals surface area contributed by atoms with Gasteiger partial charge in [0.1, 0.15) is 0 Å². The minimum atomic E-state index is -3.45. The molecule has 1 rings (SSSR count). The van der Waals surface area contributed by atoms with E-state index in [0.717, 1.165) is 32.1 Å². The van der Waals surface area contributed by atoms with E-state index in [1.54, 1.807) is 11.4 Å². The molecule has 0 amide bonds. The summed E-state index contributed by atoms with van der Waals surface area (Å²) in [4.78, 5) is 0. The van der Waals surface area contributed by atoms with Crippen LogP contribution in [0.15, 0.2) is 0 Å². The van der Waals surface area contributed by atoms with Crippen molar-refractivity contribution >= 4 is 10.2 Å². The van der Waals surface area contributed by atoms with Crippen molar-refractivity contribution < 1.29 is 8.42 Å². The molecule has 2 N–H and O–H groups in total. The lowest BCUT2D eigenvalue weighted by atomic mass is 9.81. The van der Waals surface area contributed by atoms with Gasteiger partial charge < -0.3 is 5.73 Å². The third kappa shape index (κ3) is 3.53. The van der Waals surface area contributed by atoms with E-state index in [2.05, 4.69) is 0 Å². The fourth-order valence-corrected chi connectivity index (χ4v) is 4.99. The zero-order chi connectivity index (χ0) is 15.4. The number of nitrogens with two attached hydrogens (primary N) is 1. The summed E-state index contributed by atoms with van der Waals surface area (Å²) in [5, 5.41) is 0. The van der Waals surface area contributed by atoms with Gasteiger partial charge in [-0.1, -0.05) is 26.2 Å². The smallest absolute Gasteiger partial charge is 0.282 e. The monoisotopic (exact) mass is 305 g/mol. The lowest BCUT2D eigenvalue weighted by molar-refractivity contribution is 0.126. The van der Waals surface area contributed by atoms with Crippen molar-refractivity contribution in [1.29, 1.82) is 0 Å². The van der Waals surface area contributed by atoms with Crippen molar-refractivity contribution in [1.82, 2.24) is 8.61 Å². The molecular formula is C14H31N3O2S. The second-order valence-electron chi connectivity index (χ2n) is 6.18. The Morgan fingerprint density at radius 1 is 1.20 bits per heavy atom. The molecular weight excluding hydrogens is 274 g/mol. The van der Waals surface area contributed by atoms with Crippen LogP contribution in [0.2, 0.25) is 0 Å². The molecule has 0 spiro atoms. The second-order valence-corrected chi connectivity index (χ2v) is 8.09. The third-order valence-corrected chi connectivity index (χ3v) is 6.77. The van der Waals surface area contributed by atoms with Crippen LogP contribution in [-0.4, -0.2) is 48.7 Å². The van der Waals surface area contributed by atoms with Crippen molar-refractivity contribution in [2.24, 2.45) is 5.73 Å². The summed E-state index contributed by atoms with van der Waals surface area (Å²) in [5.74, 6) is 0. The van der Waals surface area contributed by atoms with Crippen LogP contribution in [-0.2, 0) is 10.2 Å². The first kappa shape index (κ1) is 17.9. The molecule has 0 aromatic carbocycles. The van der Waals surface area contributed by atoms with E-state index in [-0.39, 0.29) is 11.6 Å². The van der Waals surface area contributed by atoms with Gasteiger partial charge in [-0.3, -0.25) is 0 Å². The van der Waals surface area contributed by atoms with Gasteiger partial charge in [-0.05, 0) is 33.1 Å². The Labute approximate surface area is 124 Å². The average Bonchev–Trinajstić information content (AvgIpc) is 2.44. The Hall–Kier alpha value is -0.170. The molecule has 0 saturated heterocycles. The largest absolute Gasteiger partial charge is 0.329 e. The van der Waals surface area contributed by atoms with E-state index in [1.807, 2.05) is 20.8 Å². The fraction of sp³-hybridized carbons (Fsp3) is 1.00. The maximum atomic E-state index is 12.9. The van der Waals surface area contributed by atoms with E-state index >= 15 is 0 Å². The van der Waals surface area contributed by atoms with Gasteiger partial charge in [-0.2, -0.15) is 17.0 Å². The summed E-state index contributed by atoms with van der Waals surface area (Å²) in [6, 6.07) is -0.0437. The van der Waals surface area contributed by atoms with Crippen LogP contribution in [0.1, 0.15) is 59.3 Å². The number of hydrogen-bond donors (Lipinski definition) is 1. The Balaban J connectivity index is 3.14. The van der Waals surface area contributed by atoms with E-state index in [1.165, 1.54) is 10.7 Å². The van der Waals surface area contributed by atoms with Crippen LogP contribution in [0.25, 0.3) is 0 Å². The molecule has 0 radical (unpaired) electrons. The predicted molar refractivity (Wildman–Crippen MR) is 83.7 cm³/mol. The van der Waals surface area contributed by atoms with Crippen LogP contribution in [0, 0.1) is 0 Å². The summed E-state index contributed by atoms with van der Waals surface area (Å²) < 4.78 is 29.0. The van der Waals surface area contributed by atoms with Crippen molar-refractivity contribution in [3.8, 4) is 0 Å². The molecule has 120 valence electrons. The normalized spacial score (nSPS) is 20.0. The maximum Gasteiger partial charge on any atom is 0.282 e. The summed E-state index contributed by atoms with van der Waals surface area (Å²) in [6.07, 6.45) is 5.90. The van der Waals surface area contributed by atoms with Gasteiger partial charge in [0.05, 0.1) is 0 Å². The minimum absolute atomic E-state index is 0.0437. The van der Waals surface area contributed by atoms with Crippen LogP contribution in [0.3, 0.4) is 0 Å². The van der Waals surface area contributed by atoms with Crippen LogP contribution < -0.4 is 5.73 Å². The minimum Gasteiger partial charge on any atom is -0.329 e.